The third kappa shape index (κ3) is 5.01. The van der Waals surface area contributed by atoms with Gasteiger partial charge in [0, 0.05) is 37.8 Å². The van der Waals surface area contributed by atoms with Crippen LogP contribution in [0.3, 0.4) is 0 Å². The third-order valence-corrected chi connectivity index (χ3v) is 5.49. The highest BCUT2D eigenvalue weighted by Crippen LogP contribution is 2.32. The van der Waals surface area contributed by atoms with Crippen LogP contribution in [0.4, 0.5) is 19.0 Å². The van der Waals surface area contributed by atoms with Crippen LogP contribution in [0.25, 0.3) is 22.8 Å². The Hall–Kier alpha value is -4.21. The fraction of sp³-hybridized carbons (Fsp3) is 0.200. The summed E-state index contributed by atoms with van der Waals surface area (Å²) in [5.74, 6) is 1.84. The van der Waals surface area contributed by atoms with Crippen LogP contribution in [-0.4, -0.2) is 32.8 Å². The minimum Gasteiger partial charge on any atom is -0.496 e. The molecular formula is C25H23F3N6O. The summed E-state index contributed by atoms with van der Waals surface area (Å²) in [5.41, 5.74) is 2.77. The lowest BCUT2D eigenvalue weighted by molar-refractivity contribution is -0.140. The number of rotatable bonds is 7. The Kier molecular flexibility index (Phi) is 6.54. The first-order valence-corrected chi connectivity index (χ1v) is 10.7. The molecular weight excluding hydrogens is 457 g/mol. The maximum absolute atomic E-state index is 13.0. The van der Waals surface area contributed by atoms with Crippen molar-refractivity contribution >= 4 is 12.0 Å². The number of hydrogen-bond donors (Lipinski definition) is 2. The van der Waals surface area contributed by atoms with Gasteiger partial charge in [-0.05, 0) is 24.1 Å². The van der Waals surface area contributed by atoms with Crippen molar-refractivity contribution in [2.24, 2.45) is 7.05 Å². The third-order valence-electron chi connectivity index (χ3n) is 5.49. The van der Waals surface area contributed by atoms with Crippen molar-refractivity contribution in [2.45, 2.75) is 19.6 Å². The van der Waals surface area contributed by atoms with E-state index in [2.05, 4.69) is 20.3 Å². The number of aromatic nitrogens is 4. The number of benzene rings is 2. The van der Waals surface area contributed by atoms with Gasteiger partial charge in [-0.2, -0.15) is 13.2 Å². The fourth-order valence-electron chi connectivity index (χ4n) is 3.68. The number of nitrogens with one attached hydrogen (secondary N) is 2. The second-order valence-corrected chi connectivity index (χ2v) is 7.90. The van der Waals surface area contributed by atoms with E-state index in [-0.39, 0.29) is 5.82 Å². The molecule has 10 heteroatoms. The molecule has 2 heterocycles. The molecule has 0 amide bonds. The van der Waals surface area contributed by atoms with Crippen LogP contribution in [0.15, 0.2) is 54.9 Å². The molecule has 7 nitrogen and oxygen atoms in total. The Labute approximate surface area is 200 Å². The predicted octanol–water partition coefficient (Wildman–Crippen LogP) is 5.49. The molecule has 0 spiro atoms. The van der Waals surface area contributed by atoms with Gasteiger partial charge >= 0.3 is 6.18 Å². The van der Waals surface area contributed by atoms with Crippen LogP contribution in [0.5, 0.6) is 5.75 Å². The van der Waals surface area contributed by atoms with Crippen LogP contribution in [0.1, 0.15) is 22.4 Å². The summed E-state index contributed by atoms with van der Waals surface area (Å²) in [6.07, 6.45) is -0.777. The Morgan fingerprint density at radius 3 is 2.49 bits per heavy atom. The van der Waals surface area contributed by atoms with Crippen LogP contribution in [-0.2, 0) is 19.8 Å². The maximum atomic E-state index is 13.0. The van der Waals surface area contributed by atoms with Gasteiger partial charge in [0.1, 0.15) is 17.4 Å². The van der Waals surface area contributed by atoms with Crippen molar-refractivity contribution in [1.82, 2.24) is 19.5 Å². The molecule has 180 valence electrons. The van der Waals surface area contributed by atoms with E-state index in [0.717, 1.165) is 22.9 Å². The molecule has 0 saturated carbocycles. The standard InChI is InChI=1S/C25H23F3N6O/c1-15-5-4-6-19(35-3)21(15)23-31-13-18(11-29)22(33-23)30-12-16-7-9-17(10-8-16)24-32-20(14-34(24)2)25(26,27)28/h4-11,13-14,29H,12H2,1-3H3,(H,30,31,33). The van der Waals surface area contributed by atoms with Crippen LogP contribution in [0.2, 0.25) is 0 Å². The number of hydrogen-bond acceptors (Lipinski definition) is 6. The van der Waals surface area contributed by atoms with E-state index in [1.807, 2.05) is 25.1 Å². The Bertz CT molecular complexity index is 1360. The van der Waals surface area contributed by atoms with Gasteiger partial charge in [-0.3, -0.25) is 0 Å². The van der Waals surface area contributed by atoms with Crippen molar-refractivity contribution in [3.8, 4) is 28.5 Å². The summed E-state index contributed by atoms with van der Waals surface area (Å²) in [4.78, 5) is 12.8. The Balaban J connectivity index is 1.56. The van der Waals surface area contributed by atoms with Crippen LogP contribution in [0, 0.1) is 12.3 Å². The summed E-state index contributed by atoms with van der Waals surface area (Å²) in [6.45, 7) is 2.33. The van der Waals surface area contributed by atoms with E-state index >= 15 is 0 Å². The van der Waals surface area contributed by atoms with E-state index < -0.39 is 11.9 Å². The van der Waals surface area contributed by atoms with Crippen molar-refractivity contribution in [3.63, 3.8) is 0 Å². The zero-order valence-corrected chi connectivity index (χ0v) is 19.3. The van der Waals surface area contributed by atoms with Crippen molar-refractivity contribution in [2.75, 3.05) is 12.4 Å². The highest BCUT2D eigenvalue weighted by molar-refractivity contribution is 5.84. The molecule has 0 atom stereocenters. The topological polar surface area (TPSA) is 88.7 Å². The minimum atomic E-state index is -4.49. The lowest BCUT2D eigenvalue weighted by Crippen LogP contribution is -2.07. The average molecular weight is 480 g/mol. The van der Waals surface area contributed by atoms with Gasteiger partial charge in [-0.15, -0.1) is 0 Å². The molecule has 4 aromatic rings. The summed E-state index contributed by atoms with van der Waals surface area (Å²) < 4.78 is 45.7. The second kappa shape index (κ2) is 9.57. The van der Waals surface area contributed by atoms with Gasteiger partial charge in [0.2, 0.25) is 0 Å². The fourth-order valence-corrected chi connectivity index (χ4v) is 3.68. The lowest BCUT2D eigenvalue weighted by atomic mass is 10.1. The SMILES string of the molecule is COc1cccc(C)c1-c1ncc(C=N)c(NCc2ccc(-c3nc(C(F)(F)F)cn3C)cc2)n1. The van der Waals surface area contributed by atoms with E-state index in [1.165, 1.54) is 17.8 Å². The second-order valence-electron chi connectivity index (χ2n) is 7.90. The molecule has 0 fully saturated rings. The average Bonchev–Trinajstić information content (AvgIpc) is 3.25. The number of methoxy groups -OCH3 is 1. The maximum Gasteiger partial charge on any atom is 0.434 e. The number of ether oxygens (including phenoxy) is 1. The van der Waals surface area contributed by atoms with E-state index in [0.29, 0.717) is 35.1 Å². The molecule has 0 aliphatic carbocycles. The predicted molar refractivity (Wildman–Crippen MR) is 128 cm³/mol. The smallest absolute Gasteiger partial charge is 0.434 e. The summed E-state index contributed by atoms with van der Waals surface area (Å²) in [6, 6.07) is 12.7. The lowest BCUT2D eigenvalue weighted by Gasteiger charge is -2.13. The first-order valence-electron chi connectivity index (χ1n) is 10.7. The number of alkyl halides is 3. The Morgan fingerprint density at radius 1 is 1.11 bits per heavy atom. The molecule has 0 aliphatic rings. The van der Waals surface area contributed by atoms with Crippen molar-refractivity contribution < 1.29 is 17.9 Å². The number of anilines is 1. The molecule has 0 aliphatic heterocycles. The monoisotopic (exact) mass is 480 g/mol. The number of halogens is 3. The highest BCUT2D eigenvalue weighted by Gasteiger charge is 2.34. The van der Waals surface area contributed by atoms with Crippen molar-refractivity contribution in [3.05, 3.63) is 77.2 Å². The number of imidazole rings is 1. The molecule has 4 rings (SSSR count). The number of aryl methyl sites for hydroxylation is 2. The molecule has 0 saturated heterocycles. The molecule has 0 unspecified atom stereocenters. The zero-order valence-electron chi connectivity index (χ0n) is 19.3. The van der Waals surface area contributed by atoms with E-state index in [9.17, 15) is 13.2 Å². The van der Waals surface area contributed by atoms with Gasteiger partial charge < -0.3 is 20.0 Å². The van der Waals surface area contributed by atoms with E-state index in [1.54, 1.807) is 37.6 Å². The first-order chi connectivity index (χ1) is 16.7. The van der Waals surface area contributed by atoms with Gasteiger partial charge in [0.25, 0.3) is 0 Å². The van der Waals surface area contributed by atoms with Gasteiger partial charge in [0.05, 0.1) is 18.2 Å². The highest BCUT2D eigenvalue weighted by atomic mass is 19.4. The molecule has 2 aromatic heterocycles. The van der Waals surface area contributed by atoms with Crippen molar-refractivity contribution in [1.29, 1.82) is 5.41 Å². The van der Waals surface area contributed by atoms with Crippen LogP contribution >= 0.6 is 0 Å². The van der Waals surface area contributed by atoms with Crippen LogP contribution < -0.4 is 10.1 Å². The largest absolute Gasteiger partial charge is 0.496 e. The molecule has 2 N–H and O–H groups in total. The summed E-state index contributed by atoms with van der Waals surface area (Å²) in [5, 5.41) is 10.9. The number of nitrogens with zero attached hydrogens (tertiary/aromatic N) is 4. The van der Waals surface area contributed by atoms with Gasteiger partial charge in [0.15, 0.2) is 11.5 Å². The summed E-state index contributed by atoms with van der Waals surface area (Å²) in [7, 11) is 3.12. The normalized spacial score (nSPS) is 11.4. The summed E-state index contributed by atoms with van der Waals surface area (Å²) >= 11 is 0. The zero-order chi connectivity index (χ0) is 25.2. The minimum absolute atomic E-state index is 0.232. The quantitative estimate of drug-likeness (QED) is 0.342. The van der Waals surface area contributed by atoms with Gasteiger partial charge in [-0.25, -0.2) is 15.0 Å². The Morgan fingerprint density at radius 2 is 1.86 bits per heavy atom. The van der Waals surface area contributed by atoms with Gasteiger partial charge in [-0.1, -0.05) is 36.4 Å². The molecule has 0 bridgehead atoms. The first kappa shape index (κ1) is 23.9. The molecule has 35 heavy (non-hydrogen) atoms. The molecule has 0 radical (unpaired) electrons. The van der Waals surface area contributed by atoms with E-state index in [4.69, 9.17) is 10.1 Å². The molecule has 2 aromatic carbocycles.